The number of aliphatic hydroxyl groups is 1. The van der Waals surface area contributed by atoms with E-state index in [9.17, 15) is 5.11 Å². The van der Waals surface area contributed by atoms with Crippen LogP contribution in [0.2, 0.25) is 0 Å². The van der Waals surface area contributed by atoms with Gasteiger partial charge in [-0.25, -0.2) is 4.98 Å². The molecule has 0 aliphatic carbocycles. The predicted molar refractivity (Wildman–Crippen MR) is 68.1 cm³/mol. The Kier molecular flexibility index (Phi) is 2.93. The van der Waals surface area contributed by atoms with E-state index in [1.54, 1.807) is 19.4 Å². The van der Waals surface area contributed by atoms with Gasteiger partial charge in [-0.3, -0.25) is 0 Å². The molecule has 1 N–H and O–H groups in total. The maximum absolute atomic E-state index is 10.2. The van der Waals surface area contributed by atoms with E-state index in [-0.39, 0.29) is 6.10 Å². The van der Waals surface area contributed by atoms with Crippen molar-refractivity contribution in [3.63, 3.8) is 0 Å². The standard InChI is InChI=1S/C13H13NO3S/c1-16-8-2-3-9-10(15)7-12(17-11(9)6-8)13-14-4-5-18-13/h2-6,10,12,15H,7H2,1H3. The Bertz CT molecular complexity index is 541. The Morgan fingerprint density at radius 1 is 1.50 bits per heavy atom. The second kappa shape index (κ2) is 4.59. The molecule has 0 saturated heterocycles. The minimum Gasteiger partial charge on any atom is -0.497 e. The fourth-order valence-corrected chi connectivity index (χ4v) is 2.77. The van der Waals surface area contributed by atoms with Crippen molar-refractivity contribution in [2.75, 3.05) is 7.11 Å². The molecular formula is C13H13NO3S. The molecule has 0 fully saturated rings. The van der Waals surface area contributed by atoms with Crippen LogP contribution in [0.4, 0.5) is 0 Å². The SMILES string of the molecule is COc1ccc2c(c1)OC(c1nccs1)CC2O. The summed E-state index contributed by atoms with van der Waals surface area (Å²) >= 11 is 1.54. The van der Waals surface area contributed by atoms with Crippen molar-refractivity contribution in [2.45, 2.75) is 18.6 Å². The van der Waals surface area contributed by atoms with E-state index in [0.29, 0.717) is 12.2 Å². The van der Waals surface area contributed by atoms with Crippen LogP contribution in [0.25, 0.3) is 0 Å². The zero-order valence-corrected chi connectivity index (χ0v) is 10.7. The number of hydrogen-bond acceptors (Lipinski definition) is 5. The molecule has 0 saturated carbocycles. The van der Waals surface area contributed by atoms with Crippen molar-refractivity contribution in [2.24, 2.45) is 0 Å². The summed E-state index contributed by atoms with van der Waals surface area (Å²) in [5, 5.41) is 13.0. The predicted octanol–water partition coefficient (Wildman–Crippen LogP) is 2.71. The van der Waals surface area contributed by atoms with Gasteiger partial charge in [0.2, 0.25) is 0 Å². The first-order chi connectivity index (χ1) is 8.78. The van der Waals surface area contributed by atoms with E-state index in [4.69, 9.17) is 9.47 Å². The first-order valence-electron chi connectivity index (χ1n) is 5.70. The molecule has 18 heavy (non-hydrogen) atoms. The quantitative estimate of drug-likeness (QED) is 0.905. The molecule has 3 rings (SSSR count). The summed E-state index contributed by atoms with van der Waals surface area (Å²) in [6.07, 6.45) is 1.58. The van der Waals surface area contributed by atoms with E-state index in [0.717, 1.165) is 16.3 Å². The number of hydrogen-bond donors (Lipinski definition) is 1. The summed E-state index contributed by atoms with van der Waals surface area (Å²) in [6.45, 7) is 0. The molecule has 1 aliphatic heterocycles. The Labute approximate surface area is 109 Å². The van der Waals surface area contributed by atoms with Crippen LogP contribution < -0.4 is 9.47 Å². The summed E-state index contributed by atoms with van der Waals surface area (Å²) in [7, 11) is 1.61. The van der Waals surface area contributed by atoms with Gasteiger partial charge in [-0.15, -0.1) is 11.3 Å². The Hall–Kier alpha value is -1.59. The number of fused-ring (bicyclic) bond motifs is 1. The molecule has 94 valence electrons. The normalized spacial score (nSPS) is 22.1. The molecule has 0 amide bonds. The molecule has 2 unspecified atom stereocenters. The fraction of sp³-hybridized carbons (Fsp3) is 0.308. The Morgan fingerprint density at radius 2 is 2.39 bits per heavy atom. The van der Waals surface area contributed by atoms with E-state index >= 15 is 0 Å². The average molecular weight is 263 g/mol. The van der Waals surface area contributed by atoms with Gasteiger partial charge in [-0.1, -0.05) is 0 Å². The molecule has 4 nitrogen and oxygen atoms in total. The third-order valence-electron chi connectivity index (χ3n) is 3.01. The molecular weight excluding hydrogens is 250 g/mol. The smallest absolute Gasteiger partial charge is 0.153 e. The molecule has 2 atom stereocenters. The number of nitrogens with zero attached hydrogens (tertiary/aromatic N) is 1. The van der Waals surface area contributed by atoms with Crippen molar-refractivity contribution in [3.05, 3.63) is 40.3 Å². The number of methoxy groups -OCH3 is 1. The van der Waals surface area contributed by atoms with Crippen molar-refractivity contribution < 1.29 is 14.6 Å². The van der Waals surface area contributed by atoms with E-state index in [1.807, 2.05) is 17.5 Å². The van der Waals surface area contributed by atoms with Gasteiger partial charge in [0.1, 0.15) is 16.5 Å². The third-order valence-corrected chi connectivity index (χ3v) is 3.88. The maximum atomic E-state index is 10.2. The number of ether oxygens (including phenoxy) is 2. The third kappa shape index (κ3) is 1.95. The number of thiazole rings is 1. The molecule has 1 aromatic carbocycles. The first-order valence-corrected chi connectivity index (χ1v) is 6.58. The van der Waals surface area contributed by atoms with Gasteiger partial charge in [0.15, 0.2) is 6.10 Å². The average Bonchev–Trinajstić information content (AvgIpc) is 2.91. The summed E-state index contributed by atoms with van der Waals surface area (Å²) in [5.41, 5.74) is 0.809. The number of aliphatic hydroxyl groups excluding tert-OH is 1. The highest BCUT2D eigenvalue weighted by Gasteiger charge is 2.29. The molecule has 5 heteroatoms. The lowest BCUT2D eigenvalue weighted by Crippen LogP contribution is -2.18. The minimum absolute atomic E-state index is 0.181. The maximum Gasteiger partial charge on any atom is 0.153 e. The van der Waals surface area contributed by atoms with Crippen molar-refractivity contribution >= 4 is 11.3 Å². The Morgan fingerprint density at radius 3 is 3.11 bits per heavy atom. The zero-order chi connectivity index (χ0) is 12.5. The summed E-state index contributed by atoms with van der Waals surface area (Å²) < 4.78 is 11.1. The van der Waals surface area contributed by atoms with Crippen LogP contribution in [0.5, 0.6) is 11.5 Å². The van der Waals surface area contributed by atoms with Crippen LogP contribution in [-0.4, -0.2) is 17.2 Å². The largest absolute Gasteiger partial charge is 0.497 e. The molecule has 0 bridgehead atoms. The van der Waals surface area contributed by atoms with E-state index in [1.165, 1.54) is 11.3 Å². The summed E-state index contributed by atoms with van der Waals surface area (Å²) in [5.74, 6) is 1.40. The summed E-state index contributed by atoms with van der Waals surface area (Å²) in [6, 6.07) is 5.48. The van der Waals surface area contributed by atoms with E-state index < -0.39 is 6.10 Å². The number of aromatic nitrogens is 1. The van der Waals surface area contributed by atoms with Crippen LogP contribution in [0.15, 0.2) is 29.8 Å². The zero-order valence-electron chi connectivity index (χ0n) is 9.87. The Balaban J connectivity index is 1.95. The van der Waals surface area contributed by atoms with Gasteiger partial charge >= 0.3 is 0 Å². The second-order valence-corrected chi connectivity index (χ2v) is 5.06. The number of benzene rings is 1. The second-order valence-electron chi connectivity index (χ2n) is 4.13. The van der Waals surface area contributed by atoms with Crippen LogP contribution in [-0.2, 0) is 0 Å². The molecule has 2 heterocycles. The lowest BCUT2D eigenvalue weighted by molar-refractivity contribution is 0.0653. The lowest BCUT2D eigenvalue weighted by atomic mass is 9.99. The fourth-order valence-electron chi connectivity index (χ4n) is 2.09. The molecule has 2 aromatic rings. The highest BCUT2D eigenvalue weighted by atomic mass is 32.1. The van der Waals surface area contributed by atoms with Crippen LogP contribution in [0.3, 0.4) is 0 Å². The van der Waals surface area contributed by atoms with Crippen molar-refractivity contribution in [1.29, 1.82) is 0 Å². The van der Waals surface area contributed by atoms with Crippen LogP contribution >= 0.6 is 11.3 Å². The van der Waals surface area contributed by atoms with E-state index in [2.05, 4.69) is 4.98 Å². The van der Waals surface area contributed by atoms with Crippen molar-refractivity contribution in [3.8, 4) is 11.5 Å². The first kappa shape index (κ1) is 11.5. The topological polar surface area (TPSA) is 51.6 Å². The minimum atomic E-state index is -0.520. The van der Waals surface area contributed by atoms with Gasteiger partial charge in [-0.05, 0) is 12.1 Å². The summed E-state index contributed by atoms with van der Waals surface area (Å²) in [4.78, 5) is 4.24. The number of rotatable bonds is 2. The molecule has 0 radical (unpaired) electrons. The van der Waals surface area contributed by atoms with Gasteiger partial charge in [0, 0.05) is 29.6 Å². The molecule has 0 spiro atoms. The van der Waals surface area contributed by atoms with Crippen molar-refractivity contribution in [1.82, 2.24) is 4.98 Å². The highest BCUT2D eigenvalue weighted by Crippen LogP contribution is 2.42. The van der Waals surface area contributed by atoms with Gasteiger partial charge in [-0.2, -0.15) is 0 Å². The molecule has 1 aliphatic rings. The van der Waals surface area contributed by atoms with Gasteiger partial charge < -0.3 is 14.6 Å². The van der Waals surface area contributed by atoms with Crippen LogP contribution in [0, 0.1) is 0 Å². The van der Waals surface area contributed by atoms with Crippen LogP contribution in [0.1, 0.15) is 29.2 Å². The van der Waals surface area contributed by atoms with Gasteiger partial charge in [0.05, 0.1) is 13.2 Å². The highest BCUT2D eigenvalue weighted by molar-refractivity contribution is 7.09. The molecule has 1 aromatic heterocycles. The van der Waals surface area contributed by atoms with Gasteiger partial charge in [0.25, 0.3) is 0 Å². The monoisotopic (exact) mass is 263 g/mol. The lowest BCUT2D eigenvalue weighted by Gasteiger charge is -2.28.